The number of hydrogen-bond donors (Lipinski definition) is 2. The summed E-state index contributed by atoms with van der Waals surface area (Å²) >= 11 is 1.34. The first-order chi connectivity index (χ1) is 14.4. The minimum atomic E-state index is -3.13. The minimum absolute atomic E-state index is 0.0750. The van der Waals surface area contributed by atoms with Crippen molar-refractivity contribution < 1.29 is 18.3 Å². The van der Waals surface area contributed by atoms with Crippen LogP contribution in [0.3, 0.4) is 0 Å². The Labute approximate surface area is 184 Å². The summed E-state index contributed by atoms with van der Waals surface area (Å²) in [5.74, 6) is -0.658. The van der Waals surface area contributed by atoms with Crippen molar-refractivity contribution in [2.24, 2.45) is 0 Å². The Morgan fingerprint density at radius 1 is 1.13 bits per heavy atom. The summed E-state index contributed by atoms with van der Waals surface area (Å²) in [6.07, 6.45) is 12.2. The molecule has 0 spiro atoms. The third-order valence-corrected chi connectivity index (χ3v) is 9.14. The normalized spacial score (nSPS) is 21.8. The van der Waals surface area contributed by atoms with Crippen LogP contribution >= 0.6 is 11.3 Å². The lowest BCUT2D eigenvalue weighted by molar-refractivity contribution is 0.0691. The number of carboxylic acid groups (broad SMARTS) is 1. The second kappa shape index (κ2) is 11.0. The smallest absolute Gasteiger partial charge is 0.355 e. The predicted molar refractivity (Wildman–Crippen MR) is 120 cm³/mol. The zero-order valence-corrected chi connectivity index (χ0v) is 19.5. The van der Waals surface area contributed by atoms with E-state index in [0.29, 0.717) is 32.4 Å². The number of aromatic carboxylic acids is 1. The zero-order valence-electron chi connectivity index (χ0n) is 17.9. The van der Waals surface area contributed by atoms with Crippen LogP contribution in [-0.2, 0) is 10.0 Å². The predicted octanol–water partition coefficient (Wildman–Crippen LogP) is 3.83. The third-order valence-electron chi connectivity index (χ3n) is 6.05. The van der Waals surface area contributed by atoms with Crippen LogP contribution in [0.25, 0.3) is 0 Å². The molecule has 4 rings (SSSR count). The van der Waals surface area contributed by atoms with Gasteiger partial charge in [0.15, 0.2) is 5.69 Å². The summed E-state index contributed by atoms with van der Waals surface area (Å²) in [7, 11) is -3.13. The number of carboxylic acids is 1. The van der Waals surface area contributed by atoms with Crippen LogP contribution in [0, 0.1) is 0 Å². The molecule has 1 aromatic rings. The second-order valence-electron chi connectivity index (χ2n) is 8.64. The number of nitrogens with one attached hydrogen (secondary N) is 1. The summed E-state index contributed by atoms with van der Waals surface area (Å²) in [5, 5.41) is 14.9. The van der Waals surface area contributed by atoms with Gasteiger partial charge in [0.05, 0.1) is 10.8 Å². The number of piperidine rings is 1. The van der Waals surface area contributed by atoms with Crippen molar-refractivity contribution in [3.63, 3.8) is 0 Å². The van der Waals surface area contributed by atoms with Crippen molar-refractivity contribution in [1.29, 1.82) is 0 Å². The van der Waals surface area contributed by atoms with E-state index in [4.69, 9.17) is 5.11 Å². The summed E-state index contributed by atoms with van der Waals surface area (Å²) in [6.45, 7) is 2.84. The molecule has 9 heteroatoms. The quantitative estimate of drug-likeness (QED) is 0.645. The van der Waals surface area contributed by atoms with E-state index in [1.165, 1.54) is 61.7 Å². The highest BCUT2D eigenvalue weighted by Crippen LogP contribution is 2.31. The monoisotopic (exact) mass is 457 g/mol. The van der Waals surface area contributed by atoms with Gasteiger partial charge < -0.3 is 10.4 Å². The van der Waals surface area contributed by atoms with Crippen LogP contribution in [0.2, 0.25) is 0 Å². The van der Waals surface area contributed by atoms with Gasteiger partial charge in [-0.2, -0.15) is 0 Å². The van der Waals surface area contributed by atoms with Crippen LogP contribution in [-0.4, -0.2) is 59.7 Å². The minimum Gasteiger partial charge on any atom is -0.476 e. The van der Waals surface area contributed by atoms with Gasteiger partial charge in [-0.05, 0) is 44.9 Å². The number of carbonyl (C=O) groups is 1. The molecule has 3 fully saturated rings. The molecule has 0 amide bonds. The maximum absolute atomic E-state index is 12.0. The molecule has 2 saturated carbocycles. The fraction of sp³-hybridized carbons (Fsp3) is 0.810. The van der Waals surface area contributed by atoms with Crippen molar-refractivity contribution in [2.45, 2.75) is 89.1 Å². The van der Waals surface area contributed by atoms with E-state index in [9.17, 15) is 13.2 Å². The van der Waals surface area contributed by atoms with Gasteiger partial charge in [0.2, 0.25) is 10.0 Å². The summed E-state index contributed by atoms with van der Waals surface area (Å²) in [5.41, 5.74) is 0.0750. The molecule has 3 aliphatic rings. The summed E-state index contributed by atoms with van der Waals surface area (Å²) in [6, 6.07) is 1.81. The molecule has 7 nitrogen and oxygen atoms in total. The molecule has 1 aliphatic heterocycles. The Morgan fingerprint density at radius 2 is 1.77 bits per heavy atom. The summed E-state index contributed by atoms with van der Waals surface area (Å²) in [4.78, 5) is 14.9. The first-order valence-electron chi connectivity index (χ1n) is 11.3. The molecule has 2 N–H and O–H groups in total. The van der Waals surface area contributed by atoms with E-state index in [0.717, 1.165) is 17.1 Å². The SMILES string of the molecule is C1CCC(NC2CC2)CC1.CCCS(=O)(=O)N1CCC(c2nc(C(=O)O)cs2)CC1. The van der Waals surface area contributed by atoms with E-state index in [1.807, 2.05) is 6.92 Å². The fourth-order valence-electron chi connectivity index (χ4n) is 4.19. The van der Waals surface area contributed by atoms with Gasteiger partial charge in [-0.25, -0.2) is 22.5 Å². The number of rotatable bonds is 7. The lowest BCUT2D eigenvalue weighted by atomic mass is 9.95. The molecule has 0 atom stereocenters. The molecule has 0 aromatic carbocycles. The lowest BCUT2D eigenvalue weighted by Gasteiger charge is -2.30. The molecule has 2 heterocycles. The van der Waals surface area contributed by atoms with Crippen LogP contribution in [0.1, 0.15) is 92.5 Å². The molecular formula is C21H35N3O4S2. The Balaban J connectivity index is 0.000000212. The first-order valence-corrected chi connectivity index (χ1v) is 13.8. The summed E-state index contributed by atoms with van der Waals surface area (Å²) < 4.78 is 25.5. The molecule has 0 bridgehead atoms. The molecule has 0 radical (unpaired) electrons. The zero-order chi connectivity index (χ0) is 21.6. The van der Waals surface area contributed by atoms with Crippen molar-refractivity contribution in [3.8, 4) is 0 Å². The van der Waals surface area contributed by atoms with E-state index in [1.54, 1.807) is 4.31 Å². The van der Waals surface area contributed by atoms with Crippen LogP contribution in [0.5, 0.6) is 0 Å². The maximum Gasteiger partial charge on any atom is 0.355 e. The van der Waals surface area contributed by atoms with E-state index in [-0.39, 0.29) is 17.4 Å². The highest BCUT2D eigenvalue weighted by atomic mass is 32.2. The van der Waals surface area contributed by atoms with Crippen molar-refractivity contribution in [1.82, 2.24) is 14.6 Å². The van der Waals surface area contributed by atoms with Crippen LogP contribution < -0.4 is 5.32 Å². The van der Waals surface area contributed by atoms with Crippen LogP contribution in [0.4, 0.5) is 0 Å². The fourth-order valence-corrected chi connectivity index (χ4v) is 6.70. The average Bonchev–Trinajstić information content (AvgIpc) is 3.40. The van der Waals surface area contributed by atoms with Gasteiger partial charge in [-0.3, -0.25) is 0 Å². The molecule has 1 aromatic heterocycles. The van der Waals surface area contributed by atoms with E-state index < -0.39 is 16.0 Å². The molecule has 170 valence electrons. The number of hydrogen-bond acceptors (Lipinski definition) is 6. The van der Waals surface area contributed by atoms with Gasteiger partial charge in [0.1, 0.15) is 0 Å². The molecule has 1 saturated heterocycles. The number of sulfonamides is 1. The second-order valence-corrected chi connectivity index (χ2v) is 11.6. The Kier molecular flexibility index (Phi) is 8.68. The van der Waals surface area contributed by atoms with Crippen molar-refractivity contribution in [2.75, 3.05) is 18.8 Å². The number of aromatic nitrogens is 1. The van der Waals surface area contributed by atoms with E-state index in [2.05, 4.69) is 10.3 Å². The largest absolute Gasteiger partial charge is 0.476 e. The Hall–Kier alpha value is -1.03. The molecular weight excluding hydrogens is 422 g/mol. The van der Waals surface area contributed by atoms with Gasteiger partial charge in [0.25, 0.3) is 0 Å². The number of nitrogens with zero attached hydrogens (tertiary/aromatic N) is 2. The molecule has 30 heavy (non-hydrogen) atoms. The number of thiazole rings is 1. The average molecular weight is 458 g/mol. The van der Waals surface area contributed by atoms with Gasteiger partial charge >= 0.3 is 5.97 Å². The lowest BCUT2D eigenvalue weighted by Crippen LogP contribution is -2.39. The maximum atomic E-state index is 12.0. The van der Waals surface area contributed by atoms with Gasteiger partial charge in [-0.15, -0.1) is 11.3 Å². The van der Waals surface area contributed by atoms with Gasteiger partial charge in [-0.1, -0.05) is 26.2 Å². The van der Waals surface area contributed by atoms with Crippen molar-refractivity contribution in [3.05, 3.63) is 16.1 Å². The highest BCUT2D eigenvalue weighted by Gasteiger charge is 2.29. The molecule has 2 aliphatic carbocycles. The molecule has 0 unspecified atom stereocenters. The standard InChI is InChI=1S/C12H18N2O4S2.C9H17N/c1-2-7-20(17,18)14-5-3-9(4-6-14)11-13-10(8-19-11)12(15)16;1-2-4-8(5-3-1)10-9-6-7-9/h8-9H,2-7H2,1H3,(H,15,16);8-10H,1-7H2. The third kappa shape index (κ3) is 7.00. The van der Waals surface area contributed by atoms with Crippen LogP contribution in [0.15, 0.2) is 5.38 Å². The van der Waals surface area contributed by atoms with Crippen molar-refractivity contribution >= 4 is 27.3 Å². The Bertz CT molecular complexity index is 778. The topological polar surface area (TPSA) is 99.6 Å². The highest BCUT2D eigenvalue weighted by molar-refractivity contribution is 7.89. The first kappa shape index (κ1) is 23.6. The van der Waals surface area contributed by atoms with E-state index >= 15 is 0 Å². The van der Waals surface area contributed by atoms with Gasteiger partial charge in [0, 0.05) is 36.5 Å². The Morgan fingerprint density at radius 3 is 2.30 bits per heavy atom.